The molecule has 154 valence electrons. The number of aryl methyl sites for hydroxylation is 1. The Morgan fingerprint density at radius 3 is 2.60 bits per heavy atom. The fourth-order valence-electron chi connectivity index (χ4n) is 3.67. The molecule has 3 aromatic carbocycles. The first-order chi connectivity index (χ1) is 14.4. The molecule has 0 saturated heterocycles. The van der Waals surface area contributed by atoms with Crippen molar-refractivity contribution >= 4 is 33.2 Å². The largest absolute Gasteiger partial charge is 0.508 e. The summed E-state index contributed by atoms with van der Waals surface area (Å²) in [5.74, 6) is -0.142. The lowest BCUT2D eigenvalue weighted by Gasteiger charge is -2.31. The predicted octanol–water partition coefficient (Wildman–Crippen LogP) is 6.73. The summed E-state index contributed by atoms with van der Waals surface area (Å²) in [6.07, 6.45) is 1.18. The maximum Gasteiger partial charge on any atom is 0.137 e. The molecule has 6 heteroatoms. The third kappa shape index (κ3) is 4.43. The van der Waals surface area contributed by atoms with Crippen molar-refractivity contribution in [2.24, 2.45) is 4.99 Å². The van der Waals surface area contributed by atoms with E-state index in [-0.39, 0.29) is 23.8 Å². The first-order valence-electron chi connectivity index (χ1n) is 9.80. The van der Waals surface area contributed by atoms with Gasteiger partial charge in [0, 0.05) is 28.8 Å². The van der Waals surface area contributed by atoms with Crippen molar-refractivity contribution in [2.75, 3.05) is 0 Å². The van der Waals surface area contributed by atoms with Crippen LogP contribution in [0.5, 0.6) is 5.75 Å². The van der Waals surface area contributed by atoms with Gasteiger partial charge in [0.15, 0.2) is 0 Å². The van der Waals surface area contributed by atoms with Gasteiger partial charge in [-0.2, -0.15) is 0 Å². The van der Waals surface area contributed by atoms with Crippen LogP contribution in [0.1, 0.15) is 47.8 Å². The molecule has 1 aliphatic rings. The second-order valence-electron chi connectivity index (χ2n) is 7.33. The highest BCUT2D eigenvalue weighted by Gasteiger charge is 2.28. The Kier molecular flexibility index (Phi) is 6.23. The van der Waals surface area contributed by atoms with Crippen molar-refractivity contribution in [3.8, 4) is 5.75 Å². The Balaban J connectivity index is 1.77. The SMILES string of the molecule is CCc1ccc(C2=N[C@H](c3ccc(F)c(Br)c3)N[C@H](c3cc(Cl)ccc3O)C2)cc1. The second kappa shape index (κ2) is 8.88. The Bertz CT molecular complexity index is 1100. The Hall–Kier alpha value is -2.21. The molecule has 1 aliphatic heterocycles. The zero-order valence-corrected chi connectivity index (χ0v) is 18.7. The molecule has 2 atom stereocenters. The van der Waals surface area contributed by atoms with Crippen molar-refractivity contribution in [1.82, 2.24) is 5.32 Å². The van der Waals surface area contributed by atoms with Gasteiger partial charge >= 0.3 is 0 Å². The zero-order chi connectivity index (χ0) is 21.3. The van der Waals surface area contributed by atoms with Gasteiger partial charge in [0.25, 0.3) is 0 Å². The molecule has 1 heterocycles. The number of hydrogen-bond acceptors (Lipinski definition) is 3. The molecule has 0 bridgehead atoms. The molecule has 2 N–H and O–H groups in total. The van der Waals surface area contributed by atoms with Gasteiger partial charge < -0.3 is 5.11 Å². The minimum absolute atomic E-state index is 0.179. The van der Waals surface area contributed by atoms with Crippen molar-refractivity contribution in [1.29, 1.82) is 0 Å². The number of aromatic hydroxyl groups is 1. The summed E-state index contributed by atoms with van der Waals surface area (Å²) in [5.41, 5.74) is 4.76. The molecule has 0 unspecified atom stereocenters. The fraction of sp³-hybridized carbons (Fsp3) is 0.208. The molecule has 4 rings (SSSR count). The smallest absolute Gasteiger partial charge is 0.137 e. The number of nitrogens with one attached hydrogen (secondary N) is 1. The van der Waals surface area contributed by atoms with Gasteiger partial charge in [-0.1, -0.05) is 48.9 Å². The van der Waals surface area contributed by atoms with Gasteiger partial charge in [0.05, 0.1) is 4.47 Å². The zero-order valence-electron chi connectivity index (χ0n) is 16.4. The molecular weight excluding hydrogens is 467 g/mol. The number of hydrogen-bond donors (Lipinski definition) is 2. The van der Waals surface area contributed by atoms with Gasteiger partial charge in [0.1, 0.15) is 17.7 Å². The van der Waals surface area contributed by atoms with E-state index in [2.05, 4.69) is 52.4 Å². The lowest BCUT2D eigenvalue weighted by atomic mass is 9.93. The highest BCUT2D eigenvalue weighted by molar-refractivity contribution is 9.10. The first kappa shape index (κ1) is 21.0. The van der Waals surface area contributed by atoms with Gasteiger partial charge in [-0.3, -0.25) is 10.3 Å². The number of halogens is 3. The van der Waals surface area contributed by atoms with E-state index >= 15 is 0 Å². The molecule has 0 aliphatic carbocycles. The van der Waals surface area contributed by atoms with E-state index in [1.54, 1.807) is 30.3 Å². The number of phenols is 1. The maximum absolute atomic E-state index is 13.8. The van der Waals surface area contributed by atoms with Crippen LogP contribution in [0.4, 0.5) is 4.39 Å². The number of aliphatic imine (C=N–C) groups is 1. The number of nitrogens with zero attached hydrogens (tertiary/aromatic N) is 1. The fourth-order valence-corrected chi connectivity index (χ4v) is 4.25. The molecule has 0 saturated carbocycles. The summed E-state index contributed by atoms with van der Waals surface area (Å²) >= 11 is 9.46. The van der Waals surface area contributed by atoms with Crippen LogP contribution in [0.25, 0.3) is 0 Å². The molecule has 3 aromatic rings. The third-order valence-corrected chi connectivity index (χ3v) is 6.20. The van der Waals surface area contributed by atoms with E-state index in [0.29, 0.717) is 21.5 Å². The lowest BCUT2D eigenvalue weighted by Crippen LogP contribution is -2.33. The summed E-state index contributed by atoms with van der Waals surface area (Å²) in [6, 6.07) is 18.1. The van der Waals surface area contributed by atoms with Crippen LogP contribution in [-0.2, 0) is 6.42 Å². The standard InChI is InChI=1S/C24H21BrClFN2O/c1-2-14-3-5-15(6-4-14)21-13-22(18-12-17(26)8-10-23(18)30)29-24(28-21)16-7-9-20(27)19(25)11-16/h3-12,22,24,29-30H,2,13H2,1H3/t22-,24-/m0/s1. The van der Waals surface area contributed by atoms with Crippen LogP contribution in [0.2, 0.25) is 5.02 Å². The van der Waals surface area contributed by atoms with Gasteiger partial charge in [-0.25, -0.2) is 4.39 Å². The van der Waals surface area contributed by atoms with E-state index in [1.165, 1.54) is 11.6 Å². The molecule has 0 aromatic heterocycles. The number of benzene rings is 3. The summed E-state index contributed by atoms with van der Waals surface area (Å²) in [7, 11) is 0. The first-order valence-corrected chi connectivity index (χ1v) is 11.0. The second-order valence-corrected chi connectivity index (χ2v) is 8.62. The van der Waals surface area contributed by atoms with Crippen molar-refractivity contribution < 1.29 is 9.50 Å². The van der Waals surface area contributed by atoms with Gasteiger partial charge in [-0.05, 0) is 69.4 Å². The topological polar surface area (TPSA) is 44.6 Å². The van der Waals surface area contributed by atoms with Crippen LogP contribution < -0.4 is 5.32 Å². The maximum atomic E-state index is 13.8. The van der Waals surface area contributed by atoms with E-state index < -0.39 is 0 Å². The molecule has 30 heavy (non-hydrogen) atoms. The highest BCUT2D eigenvalue weighted by atomic mass is 79.9. The summed E-state index contributed by atoms with van der Waals surface area (Å²) in [6.45, 7) is 2.12. The monoisotopic (exact) mass is 486 g/mol. The molecule has 0 fully saturated rings. The van der Waals surface area contributed by atoms with E-state index in [4.69, 9.17) is 16.6 Å². The van der Waals surface area contributed by atoms with Gasteiger partial charge in [0.2, 0.25) is 0 Å². The van der Waals surface area contributed by atoms with Crippen molar-refractivity contribution in [3.63, 3.8) is 0 Å². The molecule has 0 radical (unpaired) electrons. The van der Waals surface area contributed by atoms with Crippen LogP contribution in [0.3, 0.4) is 0 Å². The lowest BCUT2D eigenvalue weighted by molar-refractivity contribution is 0.412. The minimum atomic E-state index is -0.389. The number of rotatable bonds is 4. The molecule has 3 nitrogen and oxygen atoms in total. The summed E-state index contributed by atoms with van der Waals surface area (Å²) < 4.78 is 14.2. The van der Waals surface area contributed by atoms with Gasteiger partial charge in [-0.15, -0.1) is 0 Å². The molecular formula is C24H21BrClFN2O. The van der Waals surface area contributed by atoms with Crippen LogP contribution in [0, 0.1) is 5.82 Å². The quantitative estimate of drug-likeness (QED) is 0.428. The summed E-state index contributed by atoms with van der Waals surface area (Å²) in [4.78, 5) is 4.92. The third-order valence-electron chi connectivity index (χ3n) is 5.36. The minimum Gasteiger partial charge on any atom is -0.508 e. The Morgan fingerprint density at radius 2 is 1.90 bits per heavy atom. The normalized spacial score (nSPS) is 18.9. The van der Waals surface area contributed by atoms with Crippen LogP contribution in [-0.4, -0.2) is 10.8 Å². The predicted molar refractivity (Wildman–Crippen MR) is 123 cm³/mol. The van der Waals surface area contributed by atoms with E-state index in [9.17, 15) is 9.50 Å². The summed E-state index contributed by atoms with van der Waals surface area (Å²) in [5, 5.41) is 14.5. The Morgan fingerprint density at radius 1 is 1.13 bits per heavy atom. The average Bonchev–Trinajstić information content (AvgIpc) is 2.77. The number of phenolic OH excluding ortho intramolecular Hbond substituents is 1. The van der Waals surface area contributed by atoms with Crippen LogP contribution >= 0.6 is 27.5 Å². The van der Waals surface area contributed by atoms with Crippen LogP contribution in [0.15, 0.2) is 70.1 Å². The van der Waals surface area contributed by atoms with E-state index in [0.717, 1.165) is 23.3 Å². The van der Waals surface area contributed by atoms with Crippen molar-refractivity contribution in [2.45, 2.75) is 32.0 Å². The van der Waals surface area contributed by atoms with E-state index in [1.807, 2.05) is 0 Å². The highest BCUT2D eigenvalue weighted by Crippen LogP contribution is 2.36. The Labute approximate surface area is 188 Å². The molecule has 0 amide bonds. The average molecular weight is 488 g/mol. The molecule has 0 spiro atoms. The van der Waals surface area contributed by atoms with Crippen molar-refractivity contribution in [3.05, 3.63) is 98.2 Å².